The number of nitrogens with zero attached hydrogens (tertiary/aromatic N) is 1. The van der Waals surface area contributed by atoms with E-state index in [1.165, 1.54) is 63.9 Å². The summed E-state index contributed by atoms with van der Waals surface area (Å²) in [7, 11) is 5.72. The van der Waals surface area contributed by atoms with E-state index in [0.29, 0.717) is 11.0 Å². The van der Waals surface area contributed by atoms with Gasteiger partial charge in [0.15, 0.2) is 6.10 Å². The summed E-state index contributed by atoms with van der Waals surface area (Å²) in [4.78, 5) is 22.8. The fourth-order valence-corrected chi connectivity index (χ4v) is 3.41. The van der Waals surface area contributed by atoms with E-state index in [4.69, 9.17) is 4.74 Å². The molecule has 1 atom stereocenters. The van der Waals surface area contributed by atoms with Crippen molar-refractivity contribution in [2.45, 2.75) is 83.7 Å². The van der Waals surface area contributed by atoms with Crippen LogP contribution in [0.5, 0.6) is 0 Å². The lowest BCUT2D eigenvalue weighted by Crippen LogP contribution is -2.45. The van der Waals surface area contributed by atoms with Crippen molar-refractivity contribution in [2.24, 2.45) is 0 Å². The van der Waals surface area contributed by atoms with Crippen molar-refractivity contribution in [1.82, 2.24) is 0 Å². The van der Waals surface area contributed by atoms with Gasteiger partial charge in [-0.1, -0.05) is 113 Å². The van der Waals surface area contributed by atoms with Gasteiger partial charge in [-0.2, -0.15) is 0 Å². The minimum atomic E-state index is -1.23. The normalized spacial score (nSPS) is 13.8. The first-order valence-electron chi connectivity index (χ1n) is 12.8. The van der Waals surface area contributed by atoms with Gasteiger partial charge < -0.3 is 19.1 Å². The number of allylic oxidation sites excluding steroid dienone is 9. The van der Waals surface area contributed by atoms with Crippen molar-refractivity contribution in [3.63, 3.8) is 0 Å². The van der Waals surface area contributed by atoms with Gasteiger partial charge in [0, 0.05) is 18.5 Å². The third-order valence-electron chi connectivity index (χ3n) is 5.05. The van der Waals surface area contributed by atoms with Crippen LogP contribution in [0.2, 0.25) is 0 Å². The van der Waals surface area contributed by atoms with Gasteiger partial charge in [-0.05, 0) is 12.8 Å². The molecule has 0 aromatic rings. The highest BCUT2D eigenvalue weighted by molar-refractivity contribution is 5.82. The minimum Gasteiger partial charge on any atom is -0.550 e. The van der Waals surface area contributed by atoms with Gasteiger partial charge in [0.1, 0.15) is 6.54 Å². The van der Waals surface area contributed by atoms with E-state index >= 15 is 0 Å². The van der Waals surface area contributed by atoms with Crippen LogP contribution in [0, 0.1) is 0 Å². The molecular formula is C29H47NO4. The maximum absolute atomic E-state index is 11.9. The van der Waals surface area contributed by atoms with Crippen LogP contribution >= 0.6 is 0 Å². The van der Waals surface area contributed by atoms with Gasteiger partial charge in [-0.25, -0.2) is 4.79 Å². The Hall–Kier alpha value is -2.40. The second kappa shape index (κ2) is 21.2. The van der Waals surface area contributed by atoms with E-state index in [0.717, 1.165) is 6.42 Å². The number of carbonyl (C=O) groups excluding carboxylic acids is 2. The van der Waals surface area contributed by atoms with Gasteiger partial charge in [0.25, 0.3) is 0 Å². The van der Waals surface area contributed by atoms with Gasteiger partial charge in [-0.15, -0.1) is 0 Å². The number of esters is 1. The van der Waals surface area contributed by atoms with Gasteiger partial charge in [0.05, 0.1) is 21.1 Å². The van der Waals surface area contributed by atoms with Crippen LogP contribution in [-0.4, -0.2) is 50.2 Å². The maximum Gasteiger partial charge on any atom is 0.331 e. The predicted molar refractivity (Wildman–Crippen MR) is 140 cm³/mol. The molecule has 0 saturated heterocycles. The summed E-state index contributed by atoms with van der Waals surface area (Å²) in [6, 6.07) is 0. The number of carboxylic acid groups (broad SMARTS) is 1. The van der Waals surface area contributed by atoms with Crippen molar-refractivity contribution < 1.29 is 23.9 Å². The second-order valence-electron chi connectivity index (χ2n) is 9.67. The van der Waals surface area contributed by atoms with Crippen LogP contribution in [-0.2, 0) is 14.3 Å². The van der Waals surface area contributed by atoms with E-state index in [1.54, 1.807) is 12.2 Å². The summed E-state index contributed by atoms with van der Waals surface area (Å²) in [5.41, 5.74) is 0. The molecule has 0 aliphatic carbocycles. The molecule has 0 amide bonds. The van der Waals surface area contributed by atoms with Crippen LogP contribution in [0.3, 0.4) is 0 Å². The van der Waals surface area contributed by atoms with E-state index in [2.05, 4.69) is 19.1 Å². The third-order valence-corrected chi connectivity index (χ3v) is 5.05. The largest absolute Gasteiger partial charge is 0.550 e. The Labute approximate surface area is 208 Å². The molecule has 0 bridgehead atoms. The van der Waals surface area contributed by atoms with E-state index in [1.807, 2.05) is 51.5 Å². The molecule has 0 heterocycles. The van der Waals surface area contributed by atoms with Crippen LogP contribution in [0.25, 0.3) is 0 Å². The van der Waals surface area contributed by atoms with Crippen molar-refractivity contribution in [2.75, 3.05) is 27.7 Å². The number of carboxylic acids is 1. The lowest BCUT2D eigenvalue weighted by molar-refractivity contribution is -0.873. The molecular weight excluding hydrogens is 426 g/mol. The molecule has 5 heteroatoms. The molecule has 1 unspecified atom stereocenters. The zero-order chi connectivity index (χ0) is 25.5. The van der Waals surface area contributed by atoms with E-state index < -0.39 is 18.0 Å². The number of quaternary nitrogens is 1. The Kier molecular flexibility index (Phi) is 19.7. The summed E-state index contributed by atoms with van der Waals surface area (Å²) in [6.45, 7) is 2.65. The van der Waals surface area contributed by atoms with Crippen molar-refractivity contribution in [3.8, 4) is 0 Å². The lowest BCUT2D eigenvalue weighted by atomic mass is 10.1. The van der Waals surface area contributed by atoms with Crippen molar-refractivity contribution >= 4 is 11.9 Å². The molecule has 0 aliphatic heterocycles. The first-order chi connectivity index (χ1) is 16.2. The lowest BCUT2D eigenvalue weighted by Gasteiger charge is -2.28. The van der Waals surface area contributed by atoms with Crippen LogP contribution < -0.4 is 5.11 Å². The monoisotopic (exact) mass is 473 g/mol. The van der Waals surface area contributed by atoms with E-state index in [9.17, 15) is 14.7 Å². The summed E-state index contributed by atoms with van der Waals surface area (Å²) in [5, 5.41) is 10.9. The number of ether oxygens (including phenoxy) is 1. The fourth-order valence-electron chi connectivity index (χ4n) is 3.41. The Bertz CT molecular complexity index is 681. The zero-order valence-corrected chi connectivity index (χ0v) is 21.9. The SMILES string of the molecule is CCCCCCCCCCCC=CC=CC=CC=CC=CC(=O)OC(CC(=O)[O-])C[N+](C)(C)C. The molecule has 0 saturated carbocycles. The summed E-state index contributed by atoms with van der Waals surface area (Å²) >= 11 is 0. The topological polar surface area (TPSA) is 66.4 Å². The quantitative estimate of drug-likeness (QED) is 0.0776. The second-order valence-corrected chi connectivity index (χ2v) is 9.67. The Balaban J connectivity index is 3.98. The Morgan fingerprint density at radius 2 is 1.26 bits per heavy atom. The average Bonchev–Trinajstić information content (AvgIpc) is 2.73. The summed E-state index contributed by atoms with van der Waals surface area (Å²) < 4.78 is 5.73. The summed E-state index contributed by atoms with van der Waals surface area (Å²) in [6.07, 6.45) is 30.7. The Morgan fingerprint density at radius 3 is 1.79 bits per heavy atom. The average molecular weight is 474 g/mol. The third kappa shape index (κ3) is 24.2. The van der Waals surface area contributed by atoms with Crippen LogP contribution in [0.4, 0.5) is 0 Å². The maximum atomic E-state index is 11.9. The highest BCUT2D eigenvalue weighted by atomic mass is 16.5. The highest BCUT2D eigenvalue weighted by Crippen LogP contribution is 2.10. The number of carbonyl (C=O) groups is 2. The number of aliphatic carboxylic acids is 1. The summed E-state index contributed by atoms with van der Waals surface area (Å²) in [5.74, 6) is -1.79. The molecule has 0 aromatic heterocycles. The first kappa shape index (κ1) is 31.6. The molecule has 0 aromatic carbocycles. The molecule has 34 heavy (non-hydrogen) atoms. The Morgan fingerprint density at radius 1 is 0.765 bits per heavy atom. The number of rotatable bonds is 20. The molecule has 0 fully saturated rings. The number of hydrogen-bond donors (Lipinski definition) is 0. The van der Waals surface area contributed by atoms with Gasteiger partial charge >= 0.3 is 5.97 Å². The predicted octanol–water partition coefficient (Wildman–Crippen LogP) is 5.45. The van der Waals surface area contributed by atoms with Crippen molar-refractivity contribution in [3.05, 3.63) is 60.8 Å². The number of unbranched alkanes of at least 4 members (excludes halogenated alkanes) is 9. The number of hydrogen-bond acceptors (Lipinski definition) is 4. The molecule has 0 radical (unpaired) electrons. The van der Waals surface area contributed by atoms with E-state index in [-0.39, 0.29) is 6.42 Å². The molecule has 0 spiro atoms. The smallest absolute Gasteiger partial charge is 0.331 e. The molecule has 192 valence electrons. The fraction of sp³-hybridized carbons (Fsp3) is 0.586. The molecule has 0 N–H and O–H groups in total. The molecule has 0 rings (SSSR count). The molecule has 5 nitrogen and oxygen atoms in total. The van der Waals surface area contributed by atoms with Gasteiger partial charge in [0.2, 0.25) is 0 Å². The van der Waals surface area contributed by atoms with Gasteiger partial charge in [-0.3, -0.25) is 0 Å². The standard InChI is InChI=1S/C29H47NO4/c1-5-6-7-8-9-10-11-12-13-14-15-16-17-18-19-20-21-22-23-24-29(33)34-27(25-28(31)32)26-30(2,3)4/h15-24,27H,5-14,25-26H2,1-4H3. The minimum absolute atomic E-state index is 0.312. The molecule has 0 aliphatic rings. The van der Waals surface area contributed by atoms with Crippen molar-refractivity contribution in [1.29, 1.82) is 0 Å². The number of likely N-dealkylation sites (N-methyl/N-ethyl adjacent to an activating group) is 1. The highest BCUT2D eigenvalue weighted by Gasteiger charge is 2.21. The van der Waals surface area contributed by atoms with Crippen LogP contribution in [0.1, 0.15) is 77.6 Å². The zero-order valence-electron chi connectivity index (χ0n) is 21.9. The first-order valence-corrected chi connectivity index (χ1v) is 12.8. The van der Waals surface area contributed by atoms with Crippen LogP contribution in [0.15, 0.2) is 60.8 Å².